The number of nitrogens with zero attached hydrogens (tertiary/aromatic N) is 1. The molecule has 0 saturated carbocycles. The number of methoxy groups -OCH3 is 2. The van der Waals surface area contributed by atoms with Crippen molar-refractivity contribution in [3.63, 3.8) is 0 Å². The summed E-state index contributed by atoms with van der Waals surface area (Å²) in [6, 6.07) is 7.22. The average molecular weight is 257 g/mol. The number of Topliss-reactive ketones (excluding diaryl/α,β-unsaturated/α-hetero) is 1. The van der Waals surface area contributed by atoms with Gasteiger partial charge in [-0.05, 0) is 25.1 Å². The van der Waals surface area contributed by atoms with Gasteiger partial charge in [-0.3, -0.25) is 9.78 Å². The van der Waals surface area contributed by atoms with Gasteiger partial charge in [0.25, 0.3) is 0 Å². The van der Waals surface area contributed by atoms with Crippen LogP contribution in [0.5, 0.6) is 11.5 Å². The van der Waals surface area contributed by atoms with Crippen LogP contribution >= 0.6 is 0 Å². The van der Waals surface area contributed by atoms with Crippen LogP contribution in [0.4, 0.5) is 0 Å². The molecular weight excluding hydrogens is 242 g/mol. The minimum absolute atomic E-state index is 0.0221. The topological polar surface area (TPSA) is 48.4 Å². The monoisotopic (exact) mass is 257 g/mol. The van der Waals surface area contributed by atoms with E-state index in [2.05, 4.69) is 4.98 Å². The lowest BCUT2D eigenvalue weighted by atomic mass is 10.0. The first-order valence-electron chi connectivity index (χ1n) is 5.84. The van der Waals surface area contributed by atoms with Crippen molar-refractivity contribution in [1.29, 1.82) is 0 Å². The van der Waals surface area contributed by atoms with Crippen molar-refractivity contribution < 1.29 is 14.3 Å². The number of ketones is 1. The van der Waals surface area contributed by atoms with Crippen LogP contribution in [0.2, 0.25) is 0 Å². The Labute approximate surface area is 112 Å². The molecule has 0 bridgehead atoms. The highest BCUT2D eigenvalue weighted by Crippen LogP contribution is 2.39. The van der Waals surface area contributed by atoms with Crippen LogP contribution in [0.3, 0.4) is 0 Å². The van der Waals surface area contributed by atoms with E-state index < -0.39 is 0 Å². The van der Waals surface area contributed by atoms with E-state index in [1.54, 1.807) is 38.7 Å². The molecule has 0 aliphatic heterocycles. The van der Waals surface area contributed by atoms with Gasteiger partial charge < -0.3 is 9.47 Å². The van der Waals surface area contributed by atoms with E-state index in [4.69, 9.17) is 9.47 Å². The molecule has 0 radical (unpaired) electrons. The molecule has 1 heterocycles. The summed E-state index contributed by atoms with van der Waals surface area (Å²) in [5.41, 5.74) is 2.25. The summed E-state index contributed by atoms with van der Waals surface area (Å²) < 4.78 is 10.7. The fourth-order valence-corrected chi connectivity index (χ4v) is 1.90. The molecule has 0 aliphatic carbocycles. The lowest BCUT2D eigenvalue weighted by Gasteiger charge is -2.14. The molecule has 4 nitrogen and oxygen atoms in total. The molecule has 0 saturated heterocycles. The van der Waals surface area contributed by atoms with Crippen molar-refractivity contribution in [1.82, 2.24) is 4.98 Å². The summed E-state index contributed by atoms with van der Waals surface area (Å²) in [6.45, 7) is 1.52. The van der Waals surface area contributed by atoms with E-state index in [-0.39, 0.29) is 5.78 Å². The Balaban J connectivity index is 2.70. The summed E-state index contributed by atoms with van der Waals surface area (Å²) in [5.74, 6) is 1.11. The Bertz CT molecular complexity index is 594. The maximum Gasteiger partial charge on any atom is 0.168 e. The third-order valence-corrected chi connectivity index (χ3v) is 2.86. The molecule has 2 rings (SSSR count). The molecule has 1 aromatic heterocycles. The number of rotatable bonds is 4. The number of hydrogen-bond acceptors (Lipinski definition) is 4. The highest BCUT2D eigenvalue weighted by atomic mass is 16.5. The first kappa shape index (κ1) is 13.1. The van der Waals surface area contributed by atoms with Gasteiger partial charge in [0, 0.05) is 29.1 Å². The molecule has 2 aromatic rings. The summed E-state index contributed by atoms with van der Waals surface area (Å²) in [5, 5.41) is 0. The minimum Gasteiger partial charge on any atom is -0.493 e. The predicted molar refractivity (Wildman–Crippen MR) is 72.8 cm³/mol. The summed E-state index contributed by atoms with van der Waals surface area (Å²) in [7, 11) is 3.12. The smallest absolute Gasteiger partial charge is 0.168 e. The lowest BCUT2D eigenvalue weighted by molar-refractivity contribution is 0.101. The van der Waals surface area contributed by atoms with Gasteiger partial charge in [-0.2, -0.15) is 0 Å². The van der Waals surface area contributed by atoms with E-state index in [1.807, 2.05) is 12.1 Å². The van der Waals surface area contributed by atoms with Gasteiger partial charge >= 0.3 is 0 Å². The van der Waals surface area contributed by atoms with E-state index in [9.17, 15) is 4.79 Å². The molecule has 4 heteroatoms. The Morgan fingerprint density at radius 3 is 2.53 bits per heavy atom. The zero-order valence-electron chi connectivity index (χ0n) is 11.1. The zero-order valence-corrected chi connectivity index (χ0v) is 11.1. The van der Waals surface area contributed by atoms with E-state index >= 15 is 0 Å². The molecule has 0 unspecified atom stereocenters. The number of aromatic nitrogens is 1. The van der Waals surface area contributed by atoms with Crippen LogP contribution in [0, 0.1) is 0 Å². The van der Waals surface area contributed by atoms with Gasteiger partial charge in [-0.1, -0.05) is 6.07 Å². The first-order valence-corrected chi connectivity index (χ1v) is 5.84. The largest absolute Gasteiger partial charge is 0.493 e. The molecule has 0 N–H and O–H groups in total. The molecule has 0 atom stereocenters. The predicted octanol–water partition coefficient (Wildman–Crippen LogP) is 2.97. The third kappa shape index (κ3) is 2.57. The fraction of sp³-hybridized carbons (Fsp3) is 0.200. The fourth-order valence-electron chi connectivity index (χ4n) is 1.90. The van der Waals surface area contributed by atoms with Gasteiger partial charge in [0.15, 0.2) is 17.3 Å². The maximum atomic E-state index is 11.6. The standard InChI is InChI=1S/C15H15NO3/c1-10(17)12-7-13(11-5-4-6-16-9-11)15(19-3)14(8-12)18-2/h4-9H,1-3H3. The molecule has 0 spiro atoms. The quantitative estimate of drug-likeness (QED) is 0.790. The molecule has 98 valence electrons. The van der Waals surface area contributed by atoms with Crippen LogP contribution in [0.1, 0.15) is 17.3 Å². The van der Waals surface area contributed by atoms with Gasteiger partial charge in [0.2, 0.25) is 0 Å². The second-order valence-corrected chi connectivity index (χ2v) is 4.06. The van der Waals surface area contributed by atoms with Crippen LogP contribution in [0.25, 0.3) is 11.1 Å². The second kappa shape index (κ2) is 5.52. The Morgan fingerprint density at radius 2 is 2.00 bits per heavy atom. The summed E-state index contributed by atoms with van der Waals surface area (Å²) >= 11 is 0. The summed E-state index contributed by atoms with van der Waals surface area (Å²) in [4.78, 5) is 15.7. The van der Waals surface area contributed by atoms with Crippen LogP contribution in [-0.2, 0) is 0 Å². The van der Waals surface area contributed by atoms with Crippen molar-refractivity contribution in [2.45, 2.75) is 6.92 Å². The van der Waals surface area contributed by atoms with E-state index in [0.717, 1.165) is 11.1 Å². The average Bonchev–Trinajstić information content (AvgIpc) is 2.46. The Morgan fingerprint density at radius 1 is 1.21 bits per heavy atom. The second-order valence-electron chi connectivity index (χ2n) is 4.06. The van der Waals surface area contributed by atoms with Crippen LogP contribution in [-0.4, -0.2) is 25.0 Å². The van der Waals surface area contributed by atoms with Crippen molar-refractivity contribution in [2.24, 2.45) is 0 Å². The number of hydrogen-bond donors (Lipinski definition) is 0. The number of carbonyl (C=O) groups excluding carboxylic acids is 1. The van der Waals surface area contributed by atoms with E-state index in [1.165, 1.54) is 6.92 Å². The minimum atomic E-state index is -0.0221. The third-order valence-electron chi connectivity index (χ3n) is 2.86. The van der Waals surface area contributed by atoms with Gasteiger partial charge in [-0.15, -0.1) is 0 Å². The molecule has 19 heavy (non-hydrogen) atoms. The van der Waals surface area contributed by atoms with Gasteiger partial charge in [-0.25, -0.2) is 0 Å². The Hall–Kier alpha value is -2.36. The number of pyridine rings is 1. The molecule has 0 amide bonds. The number of ether oxygens (including phenoxy) is 2. The summed E-state index contributed by atoms with van der Waals surface area (Å²) in [6.07, 6.45) is 3.42. The highest BCUT2D eigenvalue weighted by Gasteiger charge is 2.15. The first-order chi connectivity index (χ1) is 9.17. The number of benzene rings is 1. The van der Waals surface area contributed by atoms with Crippen LogP contribution in [0.15, 0.2) is 36.7 Å². The van der Waals surface area contributed by atoms with Crippen molar-refractivity contribution in [3.8, 4) is 22.6 Å². The van der Waals surface area contributed by atoms with Crippen LogP contribution < -0.4 is 9.47 Å². The molecular formula is C15H15NO3. The Kier molecular flexibility index (Phi) is 3.80. The molecule has 1 aromatic carbocycles. The zero-order chi connectivity index (χ0) is 13.8. The van der Waals surface area contributed by atoms with Gasteiger partial charge in [0.05, 0.1) is 14.2 Å². The highest BCUT2D eigenvalue weighted by molar-refractivity contribution is 5.97. The van der Waals surface area contributed by atoms with Crippen molar-refractivity contribution in [2.75, 3.05) is 14.2 Å². The van der Waals surface area contributed by atoms with Crippen molar-refractivity contribution >= 4 is 5.78 Å². The van der Waals surface area contributed by atoms with Crippen molar-refractivity contribution in [3.05, 3.63) is 42.2 Å². The lowest BCUT2D eigenvalue weighted by Crippen LogP contribution is -1.99. The molecule has 0 aliphatic rings. The number of carbonyl (C=O) groups is 1. The van der Waals surface area contributed by atoms with E-state index in [0.29, 0.717) is 17.1 Å². The molecule has 0 fully saturated rings. The normalized spacial score (nSPS) is 10.1. The SMILES string of the molecule is COc1cc(C(C)=O)cc(-c2cccnc2)c1OC. The van der Waals surface area contributed by atoms with Gasteiger partial charge in [0.1, 0.15) is 0 Å². The maximum absolute atomic E-state index is 11.6.